The summed E-state index contributed by atoms with van der Waals surface area (Å²) in [6, 6.07) is 11.0. The van der Waals surface area contributed by atoms with Crippen LogP contribution in [-0.4, -0.2) is 18.4 Å². The zero-order valence-corrected chi connectivity index (χ0v) is 15.6. The largest absolute Gasteiger partial charge is 0.462 e. The molecule has 25 heavy (non-hydrogen) atoms. The van der Waals surface area contributed by atoms with E-state index in [1.807, 2.05) is 41.8 Å². The second-order valence-electron chi connectivity index (χ2n) is 5.02. The first kappa shape index (κ1) is 17.4. The summed E-state index contributed by atoms with van der Waals surface area (Å²) >= 11 is 4.82. The van der Waals surface area contributed by atoms with Crippen LogP contribution in [0, 0.1) is 0 Å². The van der Waals surface area contributed by atoms with Crippen molar-refractivity contribution in [3.05, 3.63) is 68.3 Å². The minimum Gasteiger partial charge on any atom is -0.462 e. The lowest BCUT2D eigenvalue weighted by molar-refractivity contribution is -0.139. The van der Waals surface area contributed by atoms with E-state index >= 15 is 0 Å². The number of nitrogens with one attached hydrogen (secondary N) is 1. The summed E-state index contributed by atoms with van der Waals surface area (Å²) in [6.45, 7) is 1.86. The molecule has 0 bridgehead atoms. The number of para-hydroxylation sites is 1. The van der Waals surface area contributed by atoms with Crippen LogP contribution < -0.4 is 5.32 Å². The summed E-state index contributed by atoms with van der Waals surface area (Å²) in [5.41, 5.74) is 0.569. The number of anilines is 1. The average molecular weight is 420 g/mol. The lowest BCUT2D eigenvalue weighted by atomic mass is 10.1. The van der Waals surface area contributed by atoms with Crippen LogP contribution in [0.25, 0.3) is 6.08 Å². The quantitative estimate of drug-likeness (QED) is 0.443. The van der Waals surface area contributed by atoms with E-state index in [0.717, 1.165) is 9.35 Å². The second kappa shape index (κ2) is 7.67. The maximum atomic E-state index is 12.6. The highest BCUT2D eigenvalue weighted by atomic mass is 79.9. The topological polar surface area (TPSA) is 64.6 Å². The van der Waals surface area contributed by atoms with E-state index < -0.39 is 11.8 Å². The lowest BCUT2D eigenvalue weighted by Crippen LogP contribution is -2.16. The summed E-state index contributed by atoms with van der Waals surface area (Å²) in [5.74, 6) is -1.05. The molecule has 2 heterocycles. The number of carbonyl (C=O) groups excluding carboxylic acids is 2. The van der Waals surface area contributed by atoms with Crippen molar-refractivity contribution in [2.24, 2.45) is 0 Å². The fraction of sp³-hybridized carbons (Fsp3) is 0.111. The average Bonchev–Trinajstić information content (AvgIpc) is 3.13. The van der Waals surface area contributed by atoms with Gasteiger partial charge in [-0.25, -0.2) is 4.79 Å². The second-order valence-corrected chi connectivity index (χ2v) is 6.88. The first-order valence-corrected chi connectivity index (χ1v) is 9.17. The molecule has 0 amide bonds. The molecular weight excluding hydrogens is 406 g/mol. The summed E-state index contributed by atoms with van der Waals surface area (Å²) in [7, 11) is 0. The van der Waals surface area contributed by atoms with E-state index in [1.165, 1.54) is 11.3 Å². The summed E-state index contributed by atoms with van der Waals surface area (Å²) in [4.78, 5) is 25.7. The molecule has 1 aliphatic rings. The molecule has 2 aromatic rings. The van der Waals surface area contributed by atoms with E-state index in [0.29, 0.717) is 5.69 Å². The van der Waals surface area contributed by atoms with Gasteiger partial charge in [-0.15, -0.1) is 11.3 Å². The molecule has 0 saturated heterocycles. The molecule has 5 nitrogen and oxygen atoms in total. The van der Waals surface area contributed by atoms with Crippen LogP contribution in [0.3, 0.4) is 0 Å². The summed E-state index contributed by atoms with van der Waals surface area (Å²) in [6.07, 6.45) is 1.61. The van der Waals surface area contributed by atoms with Crippen molar-refractivity contribution in [3.8, 4) is 0 Å². The van der Waals surface area contributed by atoms with Gasteiger partial charge in [-0.1, -0.05) is 18.2 Å². The number of ketones is 1. The highest BCUT2D eigenvalue weighted by molar-refractivity contribution is 9.10. The smallest absolute Gasteiger partial charge is 0.347 e. The Labute approximate surface area is 157 Å². The normalized spacial score (nSPS) is 15.4. The van der Waals surface area contributed by atoms with E-state index in [9.17, 15) is 9.59 Å². The zero-order valence-electron chi connectivity index (χ0n) is 13.2. The number of benzene rings is 1. The van der Waals surface area contributed by atoms with Crippen molar-refractivity contribution < 1.29 is 19.1 Å². The number of Topliss-reactive ketones (excluding diaryl/α,β-unsaturated/α-hetero) is 1. The number of hydrogen-bond donors (Lipinski definition) is 1. The van der Waals surface area contributed by atoms with E-state index in [-0.39, 0.29) is 23.8 Å². The number of allylic oxidation sites excluding steroid dienone is 1. The fourth-order valence-electron chi connectivity index (χ4n) is 2.19. The fourth-order valence-corrected chi connectivity index (χ4v) is 3.56. The maximum Gasteiger partial charge on any atom is 0.347 e. The molecule has 1 aliphatic heterocycles. The van der Waals surface area contributed by atoms with Crippen molar-refractivity contribution in [1.82, 2.24) is 0 Å². The van der Waals surface area contributed by atoms with Crippen LogP contribution in [-0.2, 0) is 19.1 Å². The molecule has 128 valence electrons. The molecule has 0 atom stereocenters. The van der Waals surface area contributed by atoms with Gasteiger partial charge in [0.1, 0.15) is 0 Å². The molecule has 0 unspecified atom stereocenters. The molecule has 1 aromatic heterocycles. The molecule has 0 aliphatic carbocycles. The highest BCUT2D eigenvalue weighted by Crippen LogP contribution is 2.30. The molecule has 7 heteroatoms. The predicted molar refractivity (Wildman–Crippen MR) is 99.8 cm³/mol. The van der Waals surface area contributed by atoms with Gasteiger partial charge in [0.2, 0.25) is 11.7 Å². The minimum atomic E-state index is -0.707. The minimum absolute atomic E-state index is 0.0795. The van der Waals surface area contributed by atoms with Crippen molar-refractivity contribution in [2.45, 2.75) is 6.92 Å². The van der Waals surface area contributed by atoms with Crippen LogP contribution in [0.15, 0.2) is 63.5 Å². The van der Waals surface area contributed by atoms with Gasteiger partial charge in [0.25, 0.3) is 0 Å². The van der Waals surface area contributed by atoms with Crippen LogP contribution in [0.4, 0.5) is 5.69 Å². The zero-order chi connectivity index (χ0) is 17.8. The van der Waals surface area contributed by atoms with Gasteiger partial charge in [0.15, 0.2) is 11.3 Å². The van der Waals surface area contributed by atoms with E-state index in [2.05, 4.69) is 21.2 Å². The number of ether oxygens (including phenoxy) is 2. The van der Waals surface area contributed by atoms with Crippen molar-refractivity contribution in [3.63, 3.8) is 0 Å². The SMILES string of the molecule is CCOC(=O)C1=C(Nc2ccccc2)O/C(=C\c2cc(Br)cs2)C1=O. The molecular formula is C18H14BrNO4S. The highest BCUT2D eigenvalue weighted by Gasteiger charge is 2.37. The number of carbonyl (C=O) groups is 2. The molecule has 0 saturated carbocycles. The molecule has 0 radical (unpaired) electrons. The molecule has 0 spiro atoms. The number of esters is 1. The van der Waals surface area contributed by atoms with Crippen LogP contribution in [0.1, 0.15) is 11.8 Å². The maximum absolute atomic E-state index is 12.6. The molecule has 1 N–H and O–H groups in total. The van der Waals surface area contributed by atoms with Gasteiger partial charge >= 0.3 is 5.97 Å². The van der Waals surface area contributed by atoms with Crippen LogP contribution >= 0.6 is 27.3 Å². The van der Waals surface area contributed by atoms with Gasteiger partial charge in [-0.2, -0.15) is 0 Å². The van der Waals surface area contributed by atoms with E-state index in [1.54, 1.807) is 13.0 Å². The summed E-state index contributed by atoms with van der Waals surface area (Å²) in [5, 5.41) is 4.87. The van der Waals surface area contributed by atoms with Gasteiger partial charge < -0.3 is 14.8 Å². The van der Waals surface area contributed by atoms with Crippen molar-refractivity contribution >= 4 is 50.8 Å². The Hall–Kier alpha value is -2.38. The Morgan fingerprint density at radius 2 is 2.12 bits per heavy atom. The number of hydrogen-bond acceptors (Lipinski definition) is 6. The number of rotatable bonds is 5. The monoisotopic (exact) mass is 419 g/mol. The third-order valence-corrected chi connectivity index (χ3v) is 4.90. The number of thiophene rings is 1. The van der Waals surface area contributed by atoms with Gasteiger partial charge in [-0.3, -0.25) is 4.79 Å². The van der Waals surface area contributed by atoms with Crippen molar-refractivity contribution in [1.29, 1.82) is 0 Å². The standard InChI is InChI=1S/C18H14BrNO4S/c1-2-23-18(22)15-16(21)14(9-13-8-11(19)10-25-13)24-17(15)20-12-6-4-3-5-7-12/h3-10,20H,2H2,1H3/b14-9-. The Balaban J connectivity index is 1.93. The van der Waals surface area contributed by atoms with Crippen LogP contribution in [0.2, 0.25) is 0 Å². The van der Waals surface area contributed by atoms with E-state index in [4.69, 9.17) is 9.47 Å². The molecule has 0 fully saturated rings. The predicted octanol–water partition coefficient (Wildman–Crippen LogP) is 4.34. The third kappa shape index (κ3) is 4.00. The van der Waals surface area contributed by atoms with Gasteiger partial charge in [0.05, 0.1) is 6.61 Å². The first-order chi connectivity index (χ1) is 12.1. The van der Waals surface area contributed by atoms with Crippen molar-refractivity contribution in [2.75, 3.05) is 11.9 Å². The first-order valence-electron chi connectivity index (χ1n) is 7.50. The Morgan fingerprint density at radius 3 is 2.76 bits per heavy atom. The molecule has 1 aromatic carbocycles. The Bertz CT molecular complexity index is 870. The Kier molecular flexibility index (Phi) is 5.35. The third-order valence-electron chi connectivity index (χ3n) is 3.26. The lowest BCUT2D eigenvalue weighted by Gasteiger charge is -2.08. The van der Waals surface area contributed by atoms with Gasteiger partial charge in [-0.05, 0) is 41.1 Å². The van der Waals surface area contributed by atoms with Gasteiger partial charge in [0, 0.05) is 26.5 Å². The number of halogens is 1. The summed E-state index contributed by atoms with van der Waals surface area (Å²) < 4.78 is 11.6. The van der Waals surface area contributed by atoms with Crippen LogP contribution in [0.5, 0.6) is 0 Å². The Morgan fingerprint density at radius 1 is 1.36 bits per heavy atom. The molecule has 3 rings (SSSR count).